The van der Waals surface area contributed by atoms with Gasteiger partial charge < -0.3 is 18.9 Å². The minimum Gasteiger partial charge on any atom is -0.382 e. The van der Waals surface area contributed by atoms with Crippen molar-refractivity contribution in [1.82, 2.24) is 0 Å². The Labute approximate surface area is 143 Å². The lowest BCUT2D eigenvalue weighted by Crippen LogP contribution is -2.13. The van der Waals surface area contributed by atoms with E-state index in [-0.39, 0.29) is 6.10 Å². The molecule has 0 aliphatic rings. The second-order valence-electron chi connectivity index (χ2n) is 4.29. The molecule has 0 amide bonds. The smallest absolute Gasteiger partial charge is 0.0923 e. The molecule has 4 nitrogen and oxygen atoms in total. The van der Waals surface area contributed by atoms with E-state index in [9.17, 15) is 0 Å². The van der Waals surface area contributed by atoms with Crippen LogP contribution in [0.4, 0.5) is 0 Å². The van der Waals surface area contributed by atoms with Gasteiger partial charge in [-0.25, -0.2) is 0 Å². The second-order valence-corrected chi connectivity index (χ2v) is 5.85. The van der Waals surface area contributed by atoms with Gasteiger partial charge in [-0.2, -0.15) is 0 Å². The van der Waals surface area contributed by atoms with Crippen molar-refractivity contribution in [3.8, 4) is 0 Å². The van der Waals surface area contributed by atoms with E-state index in [4.69, 9.17) is 18.9 Å². The molecule has 1 rings (SSSR count). The number of alkyl halides is 1. The lowest BCUT2D eigenvalue weighted by molar-refractivity contribution is -0.0113. The van der Waals surface area contributed by atoms with Crippen molar-refractivity contribution >= 4 is 31.9 Å². The number of ether oxygens (including phenoxy) is 4. The normalized spacial score (nSPS) is 12.5. The molecule has 1 atom stereocenters. The molecular weight excluding hydrogens is 404 g/mol. The third-order valence-electron chi connectivity index (χ3n) is 2.71. The zero-order valence-electron chi connectivity index (χ0n) is 12.2. The monoisotopic (exact) mass is 424 g/mol. The van der Waals surface area contributed by atoms with Gasteiger partial charge in [-0.1, -0.05) is 44.0 Å². The zero-order chi connectivity index (χ0) is 15.3. The summed E-state index contributed by atoms with van der Waals surface area (Å²) in [6.45, 7) is 3.49. The Kier molecular flexibility index (Phi) is 11.4. The molecule has 0 bridgehead atoms. The van der Waals surface area contributed by atoms with Crippen molar-refractivity contribution < 1.29 is 18.9 Å². The molecule has 21 heavy (non-hydrogen) atoms. The molecule has 120 valence electrons. The topological polar surface area (TPSA) is 36.9 Å². The zero-order valence-corrected chi connectivity index (χ0v) is 15.4. The summed E-state index contributed by atoms with van der Waals surface area (Å²) >= 11 is 6.95. The van der Waals surface area contributed by atoms with Gasteiger partial charge in [-0.3, -0.25) is 0 Å². The maximum atomic E-state index is 5.82. The van der Waals surface area contributed by atoms with Crippen molar-refractivity contribution in [3.05, 3.63) is 34.3 Å². The quantitative estimate of drug-likeness (QED) is 0.379. The first-order valence-electron chi connectivity index (χ1n) is 6.85. The number of hydrogen-bond donors (Lipinski definition) is 0. The molecule has 0 saturated heterocycles. The van der Waals surface area contributed by atoms with Gasteiger partial charge in [0.15, 0.2) is 0 Å². The molecule has 0 N–H and O–H groups in total. The highest BCUT2D eigenvalue weighted by atomic mass is 79.9. The predicted octanol–water partition coefficient (Wildman–Crippen LogP) is 3.58. The summed E-state index contributed by atoms with van der Waals surface area (Å²) in [7, 11) is 1.66. The van der Waals surface area contributed by atoms with Crippen molar-refractivity contribution in [2.24, 2.45) is 0 Å². The van der Waals surface area contributed by atoms with E-state index in [1.807, 2.05) is 12.1 Å². The van der Waals surface area contributed by atoms with Gasteiger partial charge in [-0.15, -0.1) is 0 Å². The van der Waals surface area contributed by atoms with Crippen LogP contribution >= 0.6 is 31.9 Å². The number of benzene rings is 1. The molecule has 0 aliphatic heterocycles. The third-order valence-corrected chi connectivity index (χ3v) is 3.79. The minimum atomic E-state index is 0.0315. The Balaban J connectivity index is 2.10. The molecule has 0 radical (unpaired) electrons. The van der Waals surface area contributed by atoms with Gasteiger partial charge in [0, 0.05) is 16.9 Å². The highest BCUT2D eigenvalue weighted by Crippen LogP contribution is 2.22. The molecule has 0 aromatic heterocycles. The van der Waals surface area contributed by atoms with E-state index in [0.29, 0.717) is 39.6 Å². The van der Waals surface area contributed by atoms with Crippen LogP contribution in [0, 0.1) is 0 Å². The van der Waals surface area contributed by atoms with E-state index in [0.717, 1.165) is 15.4 Å². The lowest BCUT2D eigenvalue weighted by atomic mass is 10.1. The van der Waals surface area contributed by atoms with Crippen LogP contribution in [0.15, 0.2) is 28.7 Å². The first kappa shape index (κ1) is 19.1. The van der Waals surface area contributed by atoms with Gasteiger partial charge in [0.1, 0.15) is 0 Å². The van der Waals surface area contributed by atoms with Gasteiger partial charge in [-0.05, 0) is 17.7 Å². The van der Waals surface area contributed by atoms with Crippen LogP contribution < -0.4 is 0 Å². The van der Waals surface area contributed by atoms with Crippen molar-refractivity contribution in [3.63, 3.8) is 0 Å². The average Bonchev–Trinajstić information content (AvgIpc) is 2.49. The Morgan fingerprint density at radius 1 is 1.00 bits per heavy atom. The van der Waals surface area contributed by atoms with Gasteiger partial charge in [0.25, 0.3) is 0 Å². The summed E-state index contributed by atoms with van der Waals surface area (Å²) in [4.78, 5) is 0. The minimum absolute atomic E-state index is 0.0315. The van der Waals surface area contributed by atoms with Crippen LogP contribution in [0.5, 0.6) is 0 Å². The van der Waals surface area contributed by atoms with Crippen molar-refractivity contribution in [2.75, 3.05) is 52.1 Å². The molecule has 0 saturated carbocycles. The molecule has 0 aliphatic carbocycles. The van der Waals surface area contributed by atoms with E-state index in [2.05, 4.69) is 44.0 Å². The maximum absolute atomic E-state index is 5.82. The number of rotatable bonds is 12. The summed E-state index contributed by atoms with van der Waals surface area (Å²) in [5, 5.41) is 0.754. The molecular formula is C15H22Br2O4. The first-order valence-corrected chi connectivity index (χ1v) is 8.77. The summed E-state index contributed by atoms with van der Waals surface area (Å²) in [6.07, 6.45) is 0.0315. The molecule has 1 unspecified atom stereocenters. The Bertz CT molecular complexity index is 376. The largest absolute Gasteiger partial charge is 0.382 e. The summed E-state index contributed by atoms with van der Waals surface area (Å²) in [5.74, 6) is 0. The van der Waals surface area contributed by atoms with E-state index in [1.165, 1.54) is 0 Å². The van der Waals surface area contributed by atoms with Gasteiger partial charge in [0.2, 0.25) is 0 Å². The van der Waals surface area contributed by atoms with Crippen molar-refractivity contribution in [2.45, 2.75) is 6.10 Å². The molecule has 6 heteroatoms. The highest BCUT2D eigenvalue weighted by molar-refractivity contribution is 9.10. The average molecular weight is 426 g/mol. The molecule has 1 aromatic rings. The highest BCUT2D eigenvalue weighted by Gasteiger charge is 2.10. The number of halogens is 2. The first-order chi connectivity index (χ1) is 10.3. The fourth-order valence-corrected chi connectivity index (χ4v) is 2.63. The second kappa shape index (κ2) is 12.6. The Hall–Kier alpha value is 0.0200. The van der Waals surface area contributed by atoms with Gasteiger partial charge in [0.05, 0.1) is 45.7 Å². The van der Waals surface area contributed by atoms with Crippen LogP contribution in [-0.2, 0) is 18.9 Å². The SMILES string of the molecule is COCCOCCOCCOC(CBr)c1cccc(Br)c1. The maximum Gasteiger partial charge on any atom is 0.0923 e. The van der Waals surface area contributed by atoms with Crippen LogP contribution in [0.2, 0.25) is 0 Å². The molecule has 1 aromatic carbocycles. The van der Waals surface area contributed by atoms with Crippen LogP contribution in [0.25, 0.3) is 0 Å². The predicted molar refractivity (Wildman–Crippen MR) is 90.1 cm³/mol. The fourth-order valence-electron chi connectivity index (χ4n) is 1.65. The number of methoxy groups -OCH3 is 1. The Morgan fingerprint density at radius 2 is 1.67 bits per heavy atom. The van der Waals surface area contributed by atoms with Gasteiger partial charge >= 0.3 is 0 Å². The van der Waals surface area contributed by atoms with E-state index in [1.54, 1.807) is 7.11 Å². The van der Waals surface area contributed by atoms with E-state index >= 15 is 0 Å². The summed E-state index contributed by atoms with van der Waals surface area (Å²) in [5.41, 5.74) is 1.14. The Morgan fingerprint density at radius 3 is 2.29 bits per heavy atom. The number of hydrogen-bond acceptors (Lipinski definition) is 4. The summed E-state index contributed by atoms with van der Waals surface area (Å²) < 4.78 is 22.5. The molecule has 0 heterocycles. The van der Waals surface area contributed by atoms with Crippen molar-refractivity contribution in [1.29, 1.82) is 0 Å². The fraction of sp³-hybridized carbons (Fsp3) is 0.600. The van der Waals surface area contributed by atoms with E-state index < -0.39 is 0 Å². The summed E-state index contributed by atoms with van der Waals surface area (Å²) in [6, 6.07) is 8.13. The third kappa shape index (κ3) is 8.90. The standard InChI is InChI=1S/C15H22Br2O4/c1-18-5-6-19-7-8-20-9-10-21-15(12-16)13-3-2-4-14(17)11-13/h2-4,11,15H,5-10,12H2,1H3. The molecule has 0 fully saturated rings. The van der Waals surface area contributed by atoms with Crippen LogP contribution in [-0.4, -0.2) is 52.1 Å². The molecule has 0 spiro atoms. The lowest BCUT2D eigenvalue weighted by Gasteiger charge is -2.16. The van der Waals surface area contributed by atoms with Crippen LogP contribution in [0.3, 0.4) is 0 Å². The van der Waals surface area contributed by atoms with Crippen LogP contribution in [0.1, 0.15) is 11.7 Å².